The second kappa shape index (κ2) is 5.25. The van der Waals surface area contributed by atoms with Crippen LogP contribution in [0.25, 0.3) is 0 Å². The van der Waals surface area contributed by atoms with Crippen molar-refractivity contribution in [2.75, 3.05) is 13.7 Å². The Morgan fingerprint density at radius 2 is 1.77 bits per heavy atom. The Morgan fingerprint density at radius 1 is 1.04 bits per heavy atom. The number of ether oxygens (including phenoxy) is 1. The van der Waals surface area contributed by atoms with Crippen LogP contribution in [0.5, 0.6) is 0 Å². The van der Waals surface area contributed by atoms with Gasteiger partial charge < -0.3 is 20.1 Å². The molecule has 0 amide bonds. The summed E-state index contributed by atoms with van der Waals surface area (Å²) in [6, 6.07) is 0. The maximum Gasteiger partial charge on any atom is 0.0983 e. The van der Waals surface area contributed by atoms with Crippen molar-refractivity contribution in [3.63, 3.8) is 0 Å². The van der Waals surface area contributed by atoms with Gasteiger partial charge >= 0.3 is 0 Å². The second-order valence-corrected chi connectivity index (χ2v) is 10.8. The predicted molar refractivity (Wildman–Crippen MR) is 98.4 cm³/mol. The fraction of sp³-hybridized carbons (Fsp3) is 1.00. The van der Waals surface area contributed by atoms with E-state index in [1.165, 1.54) is 19.3 Å². The number of rotatable bonds is 3. The zero-order chi connectivity index (χ0) is 18.5. The van der Waals surface area contributed by atoms with Crippen LogP contribution in [0.1, 0.15) is 65.2 Å². The van der Waals surface area contributed by atoms with Gasteiger partial charge in [-0.15, -0.1) is 0 Å². The Kier molecular flexibility index (Phi) is 3.62. The van der Waals surface area contributed by atoms with Gasteiger partial charge in [0.1, 0.15) is 0 Å². The minimum atomic E-state index is -1.15. The van der Waals surface area contributed by atoms with E-state index in [0.717, 1.165) is 25.2 Å². The van der Waals surface area contributed by atoms with Crippen molar-refractivity contribution in [3.8, 4) is 0 Å². The third kappa shape index (κ3) is 1.73. The fourth-order valence-electron chi connectivity index (χ4n) is 9.31. The van der Waals surface area contributed by atoms with Gasteiger partial charge in [0.2, 0.25) is 0 Å². The molecule has 4 heteroatoms. The highest BCUT2D eigenvalue weighted by atomic mass is 16.5. The standard InChI is InChI=1S/C22H36O4/c1-19-6-4-13-12-21(13,19)18(26-3)10-14-15(19)5-7-20(2)16(14)11-17(24)22(20,25)8-9-23/h13-18,23-25H,4-12H2,1-3H3/t13?,14?,15?,16?,17-,18+,19+,20-,21-,22+/m0/s1. The van der Waals surface area contributed by atoms with Crippen molar-refractivity contribution in [2.45, 2.75) is 83.0 Å². The van der Waals surface area contributed by atoms with Crippen LogP contribution in [0.4, 0.5) is 0 Å². The second-order valence-electron chi connectivity index (χ2n) is 10.8. The predicted octanol–water partition coefficient (Wildman–Crippen LogP) is 2.74. The van der Waals surface area contributed by atoms with E-state index in [-0.39, 0.29) is 18.4 Å². The highest BCUT2D eigenvalue weighted by Gasteiger charge is 2.78. The summed E-state index contributed by atoms with van der Waals surface area (Å²) in [5.41, 5.74) is -0.661. The Morgan fingerprint density at radius 3 is 2.42 bits per heavy atom. The number of hydrogen-bond donors (Lipinski definition) is 3. The van der Waals surface area contributed by atoms with Gasteiger partial charge in [0.15, 0.2) is 0 Å². The van der Waals surface area contributed by atoms with E-state index in [1.807, 2.05) is 7.11 Å². The Bertz CT molecular complexity index is 609. The van der Waals surface area contributed by atoms with E-state index >= 15 is 0 Å². The van der Waals surface area contributed by atoms with Gasteiger partial charge in [-0.3, -0.25) is 0 Å². The summed E-state index contributed by atoms with van der Waals surface area (Å²) >= 11 is 0. The van der Waals surface area contributed by atoms with Gasteiger partial charge in [0, 0.05) is 31.0 Å². The summed E-state index contributed by atoms with van der Waals surface area (Å²) in [5.74, 6) is 2.42. The Labute approximate surface area is 157 Å². The number of aliphatic hydroxyl groups is 3. The van der Waals surface area contributed by atoms with Gasteiger partial charge in [0.05, 0.1) is 17.8 Å². The largest absolute Gasteiger partial charge is 0.396 e. The van der Waals surface area contributed by atoms with Gasteiger partial charge in [-0.05, 0) is 74.0 Å². The van der Waals surface area contributed by atoms with Gasteiger partial charge in [-0.25, -0.2) is 0 Å². The van der Waals surface area contributed by atoms with E-state index < -0.39 is 11.7 Å². The highest BCUT2D eigenvalue weighted by molar-refractivity contribution is 5.27. The zero-order valence-electron chi connectivity index (χ0n) is 16.6. The van der Waals surface area contributed by atoms with Crippen molar-refractivity contribution in [2.24, 2.45) is 39.9 Å². The molecule has 148 valence electrons. The molecule has 5 aliphatic rings. The van der Waals surface area contributed by atoms with Crippen LogP contribution in [0.2, 0.25) is 0 Å². The topological polar surface area (TPSA) is 69.9 Å². The smallest absolute Gasteiger partial charge is 0.0983 e. The molecule has 0 aliphatic heterocycles. The van der Waals surface area contributed by atoms with Crippen molar-refractivity contribution < 1.29 is 20.1 Å². The van der Waals surface area contributed by atoms with Crippen LogP contribution in [-0.4, -0.2) is 46.8 Å². The van der Waals surface area contributed by atoms with Crippen LogP contribution >= 0.6 is 0 Å². The molecule has 26 heavy (non-hydrogen) atoms. The number of hydrogen-bond acceptors (Lipinski definition) is 4. The maximum atomic E-state index is 11.4. The van der Waals surface area contributed by atoms with E-state index in [0.29, 0.717) is 41.1 Å². The normalized spacial score (nSPS) is 63.0. The van der Waals surface area contributed by atoms with Crippen LogP contribution in [0.3, 0.4) is 0 Å². The van der Waals surface area contributed by atoms with Crippen molar-refractivity contribution in [1.29, 1.82) is 0 Å². The number of methoxy groups -OCH3 is 1. The number of aliphatic hydroxyl groups excluding tert-OH is 2. The van der Waals surface area contributed by atoms with Crippen LogP contribution in [-0.2, 0) is 4.74 Å². The minimum Gasteiger partial charge on any atom is -0.396 e. The molecular formula is C22H36O4. The summed E-state index contributed by atoms with van der Waals surface area (Å²) in [5, 5.41) is 31.7. The zero-order valence-corrected chi connectivity index (χ0v) is 16.6. The first-order chi connectivity index (χ1) is 12.3. The minimum absolute atomic E-state index is 0.0623. The summed E-state index contributed by atoms with van der Waals surface area (Å²) in [6.07, 6.45) is 7.84. The first kappa shape index (κ1) is 17.9. The van der Waals surface area contributed by atoms with Crippen molar-refractivity contribution in [3.05, 3.63) is 0 Å². The van der Waals surface area contributed by atoms with Crippen LogP contribution in [0, 0.1) is 39.9 Å². The summed E-state index contributed by atoms with van der Waals surface area (Å²) < 4.78 is 6.11. The van der Waals surface area contributed by atoms with E-state index in [1.54, 1.807) is 0 Å². The molecule has 4 unspecified atom stereocenters. The first-order valence-electron chi connectivity index (χ1n) is 10.8. The molecular weight excluding hydrogens is 328 g/mol. The molecule has 1 spiro atoms. The van der Waals surface area contributed by atoms with E-state index in [2.05, 4.69) is 13.8 Å². The molecule has 0 radical (unpaired) electrons. The summed E-state index contributed by atoms with van der Waals surface area (Å²) in [7, 11) is 1.89. The summed E-state index contributed by atoms with van der Waals surface area (Å²) in [6.45, 7) is 4.66. The molecule has 3 N–H and O–H groups in total. The van der Waals surface area contributed by atoms with Crippen LogP contribution < -0.4 is 0 Å². The molecule has 0 aromatic heterocycles. The van der Waals surface area contributed by atoms with Gasteiger partial charge in [-0.1, -0.05) is 13.8 Å². The maximum absolute atomic E-state index is 11.4. The van der Waals surface area contributed by atoms with E-state index in [9.17, 15) is 15.3 Å². The lowest BCUT2D eigenvalue weighted by atomic mass is 9.45. The lowest BCUT2D eigenvalue weighted by molar-refractivity contribution is -0.191. The Balaban J connectivity index is 1.53. The average molecular weight is 365 g/mol. The van der Waals surface area contributed by atoms with E-state index in [4.69, 9.17) is 4.74 Å². The van der Waals surface area contributed by atoms with Crippen LogP contribution in [0.15, 0.2) is 0 Å². The van der Waals surface area contributed by atoms with Gasteiger partial charge in [-0.2, -0.15) is 0 Å². The van der Waals surface area contributed by atoms with Crippen molar-refractivity contribution >= 4 is 0 Å². The molecule has 0 aromatic rings. The monoisotopic (exact) mass is 364 g/mol. The molecule has 5 aliphatic carbocycles. The molecule has 5 saturated carbocycles. The lowest BCUT2D eigenvalue weighted by Gasteiger charge is -2.61. The molecule has 0 aromatic carbocycles. The molecule has 10 atom stereocenters. The SMILES string of the molecule is CO[C@@H]1CC2C3C[C@H](O)[C@](O)(CCO)[C@@]3(C)CCC2[C@@]2(C)CCC3C[C@]312. The number of fused-ring (bicyclic) bond motifs is 4. The third-order valence-electron chi connectivity index (χ3n) is 10.7. The molecule has 4 nitrogen and oxygen atoms in total. The van der Waals surface area contributed by atoms with Gasteiger partial charge in [0.25, 0.3) is 0 Å². The molecule has 5 rings (SSSR count). The first-order valence-corrected chi connectivity index (χ1v) is 10.8. The fourth-order valence-corrected chi connectivity index (χ4v) is 9.31. The lowest BCUT2D eigenvalue weighted by Crippen LogP contribution is -2.60. The summed E-state index contributed by atoms with van der Waals surface area (Å²) in [4.78, 5) is 0. The third-order valence-corrected chi connectivity index (χ3v) is 10.7. The molecule has 5 fully saturated rings. The highest BCUT2D eigenvalue weighted by Crippen LogP contribution is 2.82. The molecule has 0 heterocycles. The Hall–Kier alpha value is -0.160. The molecule has 0 saturated heterocycles. The average Bonchev–Trinajstić information content (AvgIpc) is 3.21. The quantitative estimate of drug-likeness (QED) is 0.720. The van der Waals surface area contributed by atoms with Crippen molar-refractivity contribution in [1.82, 2.24) is 0 Å². The molecule has 0 bridgehead atoms.